The Morgan fingerprint density at radius 3 is 2.17 bits per heavy atom. The molecule has 1 atom stereocenters. The summed E-state index contributed by atoms with van der Waals surface area (Å²) < 4.78 is 10.8. The monoisotopic (exact) mass is 406 g/mol. The summed E-state index contributed by atoms with van der Waals surface area (Å²) in [7, 11) is 3.72. The molecule has 1 amide bonds. The van der Waals surface area contributed by atoms with Crippen LogP contribution >= 0.6 is 0 Å². The van der Waals surface area contributed by atoms with Crippen LogP contribution < -0.4 is 9.47 Å². The van der Waals surface area contributed by atoms with E-state index in [-0.39, 0.29) is 12.5 Å². The van der Waals surface area contributed by atoms with Gasteiger partial charge in [0, 0.05) is 58.9 Å². The molecule has 2 aliphatic rings. The zero-order chi connectivity index (χ0) is 20.6. The SMILES string of the molecule is COc1ccc(OC[C@@H](O)CN2CCN(CC(=O)N3CCN(C)CC3)CC2)cc1. The molecule has 2 fully saturated rings. The Kier molecular flexibility index (Phi) is 8.11. The van der Waals surface area contributed by atoms with Crippen molar-refractivity contribution in [2.75, 3.05) is 86.2 Å². The lowest BCUT2D eigenvalue weighted by molar-refractivity contribution is -0.134. The van der Waals surface area contributed by atoms with Crippen LogP contribution in [0.4, 0.5) is 0 Å². The van der Waals surface area contributed by atoms with E-state index in [9.17, 15) is 9.90 Å². The summed E-state index contributed by atoms with van der Waals surface area (Å²) in [5.74, 6) is 1.73. The van der Waals surface area contributed by atoms with Gasteiger partial charge in [0.05, 0.1) is 13.7 Å². The topological polar surface area (TPSA) is 68.7 Å². The molecule has 1 aromatic rings. The van der Waals surface area contributed by atoms with Gasteiger partial charge < -0.3 is 24.4 Å². The number of piperazine rings is 2. The zero-order valence-corrected chi connectivity index (χ0v) is 17.6. The maximum atomic E-state index is 12.5. The third-order valence-electron chi connectivity index (χ3n) is 5.65. The van der Waals surface area contributed by atoms with Crippen LogP contribution in [-0.2, 0) is 4.79 Å². The van der Waals surface area contributed by atoms with Crippen molar-refractivity contribution in [3.63, 3.8) is 0 Å². The van der Waals surface area contributed by atoms with Crippen LogP contribution in [0.3, 0.4) is 0 Å². The molecule has 1 N–H and O–H groups in total. The number of nitrogens with zero attached hydrogens (tertiary/aromatic N) is 4. The molecule has 0 unspecified atom stereocenters. The van der Waals surface area contributed by atoms with Crippen LogP contribution in [-0.4, -0.2) is 123 Å². The number of β-amino-alcohol motifs (C(OH)–C–C–N with tert-alkyl or cyclic N) is 1. The lowest BCUT2D eigenvalue weighted by Gasteiger charge is -2.37. The van der Waals surface area contributed by atoms with Crippen molar-refractivity contribution in [1.29, 1.82) is 0 Å². The van der Waals surface area contributed by atoms with Crippen molar-refractivity contribution in [1.82, 2.24) is 19.6 Å². The number of hydrogen-bond donors (Lipinski definition) is 1. The molecule has 162 valence electrons. The Morgan fingerprint density at radius 1 is 0.966 bits per heavy atom. The maximum Gasteiger partial charge on any atom is 0.236 e. The summed E-state index contributed by atoms with van der Waals surface area (Å²) in [6, 6.07) is 7.35. The van der Waals surface area contributed by atoms with E-state index >= 15 is 0 Å². The molecule has 0 spiro atoms. The van der Waals surface area contributed by atoms with Gasteiger partial charge in [0.1, 0.15) is 24.2 Å². The van der Waals surface area contributed by atoms with Crippen LogP contribution in [0.1, 0.15) is 0 Å². The molecule has 1 aromatic carbocycles. The fraction of sp³-hybridized carbons (Fsp3) is 0.667. The Morgan fingerprint density at radius 2 is 1.55 bits per heavy atom. The number of carbonyl (C=O) groups is 1. The summed E-state index contributed by atoms with van der Waals surface area (Å²) in [5.41, 5.74) is 0. The summed E-state index contributed by atoms with van der Waals surface area (Å²) in [6.07, 6.45) is -0.546. The second-order valence-corrected chi connectivity index (χ2v) is 7.90. The van der Waals surface area contributed by atoms with Crippen LogP contribution in [0.2, 0.25) is 0 Å². The van der Waals surface area contributed by atoms with Crippen LogP contribution in [0, 0.1) is 0 Å². The van der Waals surface area contributed by atoms with Gasteiger partial charge >= 0.3 is 0 Å². The molecule has 8 heteroatoms. The van der Waals surface area contributed by atoms with Crippen molar-refractivity contribution < 1.29 is 19.4 Å². The Balaban J connectivity index is 1.32. The molecule has 0 saturated carbocycles. The van der Waals surface area contributed by atoms with E-state index in [2.05, 4.69) is 21.7 Å². The molecule has 29 heavy (non-hydrogen) atoms. The summed E-state index contributed by atoms with van der Waals surface area (Å²) in [5, 5.41) is 10.3. The summed E-state index contributed by atoms with van der Waals surface area (Å²) in [6.45, 7) is 8.32. The lowest BCUT2D eigenvalue weighted by Crippen LogP contribution is -2.54. The number of carbonyl (C=O) groups excluding carboxylic acids is 1. The minimum Gasteiger partial charge on any atom is -0.497 e. The van der Waals surface area contributed by atoms with E-state index in [4.69, 9.17) is 9.47 Å². The van der Waals surface area contributed by atoms with Crippen molar-refractivity contribution in [3.8, 4) is 11.5 Å². The molecular weight excluding hydrogens is 372 g/mol. The predicted octanol–water partition coefficient (Wildman–Crippen LogP) is -0.173. The quantitative estimate of drug-likeness (QED) is 0.643. The Labute approximate surface area is 173 Å². The minimum absolute atomic E-state index is 0.236. The van der Waals surface area contributed by atoms with E-state index in [1.807, 2.05) is 29.2 Å². The van der Waals surface area contributed by atoms with E-state index in [1.165, 1.54) is 0 Å². The second kappa shape index (κ2) is 10.8. The number of aliphatic hydroxyl groups excluding tert-OH is 1. The van der Waals surface area contributed by atoms with Gasteiger partial charge in [-0.25, -0.2) is 0 Å². The van der Waals surface area contributed by atoms with Crippen LogP contribution in [0.15, 0.2) is 24.3 Å². The van der Waals surface area contributed by atoms with Gasteiger partial charge in [-0.15, -0.1) is 0 Å². The average molecular weight is 407 g/mol. The first kappa shape index (κ1) is 21.8. The molecule has 2 heterocycles. The normalized spacial score (nSPS) is 20.4. The third-order valence-corrected chi connectivity index (χ3v) is 5.65. The maximum absolute atomic E-state index is 12.5. The Bertz CT molecular complexity index is 626. The first-order valence-corrected chi connectivity index (χ1v) is 10.4. The molecule has 2 saturated heterocycles. The molecule has 0 aromatic heterocycles. The lowest BCUT2D eigenvalue weighted by atomic mass is 10.2. The Hall–Kier alpha value is -1.87. The number of likely N-dealkylation sites (N-methyl/N-ethyl adjacent to an activating group) is 1. The standard InChI is InChI=1S/C21H34N4O4/c1-22-7-13-25(14-8-22)21(27)16-24-11-9-23(10-12-24)15-18(26)17-29-20-5-3-19(28-2)4-6-20/h3-6,18,26H,7-17H2,1-2H3/t18-/m0/s1. The average Bonchev–Trinajstić information content (AvgIpc) is 2.74. The fourth-order valence-electron chi connectivity index (χ4n) is 3.69. The van der Waals surface area contributed by atoms with Crippen LogP contribution in [0.25, 0.3) is 0 Å². The highest BCUT2D eigenvalue weighted by atomic mass is 16.5. The fourth-order valence-corrected chi connectivity index (χ4v) is 3.69. The van der Waals surface area contributed by atoms with Gasteiger partial charge in [-0.2, -0.15) is 0 Å². The van der Waals surface area contributed by atoms with Gasteiger partial charge in [0.15, 0.2) is 0 Å². The molecule has 3 rings (SSSR count). The number of benzene rings is 1. The van der Waals surface area contributed by atoms with E-state index < -0.39 is 6.10 Å². The first-order chi connectivity index (χ1) is 14.0. The molecule has 0 aliphatic carbocycles. The van der Waals surface area contributed by atoms with Crippen LogP contribution in [0.5, 0.6) is 11.5 Å². The van der Waals surface area contributed by atoms with E-state index in [1.54, 1.807) is 7.11 Å². The molecule has 2 aliphatic heterocycles. The smallest absolute Gasteiger partial charge is 0.236 e. The van der Waals surface area contributed by atoms with Crippen molar-refractivity contribution >= 4 is 5.91 Å². The number of hydrogen-bond acceptors (Lipinski definition) is 7. The molecule has 0 radical (unpaired) electrons. The first-order valence-electron chi connectivity index (χ1n) is 10.4. The van der Waals surface area contributed by atoms with Gasteiger partial charge in [-0.3, -0.25) is 14.6 Å². The molecule has 0 bridgehead atoms. The number of rotatable bonds is 8. The van der Waals surface area contributed by atoms with Crippen molar-refractivity contribution in [2.24, 2.45) is 0 Å². The summed E-state index contributed by atoms with van der Waals surface area (Å²) in [4.78, 5) is 21.2. The predicted molar refractivity (Wildman–Crippen MR) is 111 cm³/mol. The number of ether oxygens (including phenoxy) is 2. The zero-order valence-electron chi connectivity index (χ0n) is 17.6. The number of amides is 1. The minimum atomic E-state index is -0.546. The largest absolute Gasteiger partial charge is 0.497 e. The summed E-state index contributed by atoms with van der Waals surface area (Å²) >= 11 is 0. The highest BCUT2D eigenvalue weighted by Crippen LogP contribution is 2.17. The van der Waals surface area contributed by atoms with Gasteiger partial charge in [0.2, 0.25) is 5.91 Å². The molecule has 8 nitrogen and oxygen atoms in total. The second-order valence-electron chi connectivity index (χ2n) is 7.90. The highest BCUT2D eigenvalue weighted by Gasteiger charge is 2.24. The third kappa shape index (κ3) is 6.85. The molecular formula is C21H34N4O4. The number of aliphatic hydroxyl groups is 1. The van der Waals surface area contributed by atoms with E-state index in [0.717, 1.165) is 63.9 Å². The van der Waals surface area contributed by atoms with Crippen molar-refractivity contribution in [3.05, 3.63) is 24.3 Å². The van der Waals surface area contributed by atoms with E-state index in [0.29, 0.717) is 13.1 Å². The highest BCUT2D eigenvalue weighted by molar-refractivity contribution is 5.78. The van der Waals surface area contributed by atoms with Gasteiger partial charge in [-0.05, 0) is 31.3 Å². The van der Waals surface area contributed by atoms with Gasteiger partial charge in [0.25, 0.3) is 0 Å². The van der Waals surface area contributed by atoms with Gasteiger partial charge in [-0.1, -0.05) is 0 Å². The number of methoxy groups -OCH3 is 1. The van der Waals surface area contributed by atoms with Crippen molar-refractivity contribution in [2.45, 2.75) is 6.10 Å².